The number of methoxy groups -OCH3 is 1. The summed E-state index contributed by atoms with van der Waals surface area (Å²) in [6.45, 7) is 0.233. The van der Waals surface area contributed by atoms with E-state index in [9.17, 15) is 19.7 Å². The van der Waals surface area contributed by atoms with Crippen LogP contribution in [-0.4, -0.2) is 35.6 Å². The highest BCUT2D eigenvalue weighted by Gasteiger charge is 2.14. The minimum atomic E-state index is -0.560. The number of benzene rings is 2. The molecule has 0 saturated heterocycles. The normalized spacial score (nSPS) is 10.0. The van der Waals surface area contributed by atoms with Gasteiger partial charge in [-0.3, -0.25) is 19.7 Å². The molecule has 10 heteroatoms. The Morgan fingerprint density at radius 3 is 2.53 bits per heavy atom. The summed E-state index contributed by atoms with van der Waals surface area (Å²) in [5.74, 6) is -0.656. The van der Waals surface area contributed by atoms with Crippen LogP contribution in [-0.2, 0) is 20.7 Å². The summed E-state index contributed by atoms with van der Waals surface area (Å²) < 4.78 is 10.2. The Hall–Kier alpha value is -3.53. The smallest absolute Gasteiger partial charge is 0.306 e. The molecule has 0 spiro atoms. The van der Waals surface area contributed by atoms with Crippen molar-refractivity contribution in [3.05, 3.63) is 64.2 Å². The molecule has 0 heterocycles. The van der Waals surface area contributed by atoms with E-state index in [0.717, 1.165) is 5.56 Å². The van der Waals surface area contributed by atoms with E-state index < -0.39 is 16.8 Å². The van der Waals surface area contributed by atoms with Crippen molar-refractivity contribution in [2.24, 2.45) is 0 Å². The zero-order valence-corrected chi connectivity index (χ0v) is 17.1. The molecule has 30 heavy (non-hydrogen) atoms. The van der Waals surface area contributed by atoms with Gasteiger partial charge in [0.2, 0.25) is 5.91 Å². The Balaban J connectivity index is 1.75. The van der Waals surface area contributed by atoms with Gasteiger partial charge in [-0.15, -0.1) is 0 Å². The van der Waals surface area contributed by atoms with Crippen molar-refractivity contribution in [2.45, 2.75) is 19.3 Å². The third-order valence-electron chi connectivity index (χ3n) is 3.95. The molecule has 158 valence electrons. The van der Waals surface area contributed by atoms with Crippen molar-refractivity contribution in [2.75, 3.05) is 19.0 Å². The Labute approximate surface area is 178 Å². The molecule has 0 aromatic heterocycles. The standard InChI is InChI=1S/C20H21N3O6S/c1-28-17-8-7-15(23(26)27)13-16(17)21-20(30)22-18(24)9-10-19(25)29-12-11-14-5-3-2-4-6-14/h2-8,13H,9-12H2,1H3,(H2,21,22,24,30). The molecule has 2 aromatic rings. The topological polar surface area (TPSA) is 120 Å². The van der Waals surface area contributed by atoms with Crippen LogP contribution in [0.25, 0.3) is 0 Å². The number of nitro benzene ring substituents is 1. The number of hydrogen-bond donors (Lipinski definition) is 2. The van der Waals surface area contributed by atoms with Crippen molar-refractivity contribution in [1.29, 1.82) is 0 Å². The van der Waals surface area contributed by atoms with E-state index in [0.29, 0.717) is 12.2 Å². The third-order valence-corrected chi connectivity index (χ3v) is 4.15. The minimum Gasteiger partial charge on any atom is -0.495 e. The van der Waals surface area contributed by atoms with Gasteiger partial charge in [0, 0.05) is 25.0 Å². The Bertz CT molecular complexity index is 920. The second-order valence-corrected chi connectivity index (χ2v) is 6.51. The van der Waals surface area contributed by atoms with Gasteiger partial charge in [-0.05, 0) is 23.8 Å². The van der Waals surface area contributed by atoms with Crippen LogP contribution in [0.2, 0.25) is 0 Å². The van der Waals surface area contributed by atoms with Crippen molar-refractivity contribution in [3.8, 4) is 5.75 Å². The van der Waals surface area contributed by atoms with E-state index in [2.05, 4.69) is 10.6 Å². The molecule has 0 fully saturated rings. The lowest BCUT2D eigenvalue weighted by molar-refractivity contribution is -0.384. The quantitative estimate of drug-likeness (QED) is 0.269. The van der Waals surface area contributed by atoms with Crippen LogP contribution < -0.4 is 15.4 Å². The summed E-state index contributed by atoms with van der Waals surface area (Å²) in [4.78, 5) is 34.1. The molecule has 9 nitrogen and oxygen atoms in total. The minimum absolute atomic E-state index is 0.0729. The van der Waals surface area contributed by atoms with Crippen molar-refractivity contribution >= 4 is 40.6 Å². The van der Waals surface area contributed by atoms with Gasteiger partial charge in [0.1, 0.15) is 5.75 Å². The Morgan fingerprint density at radius 2 is 1.87 bits per heavy atom. The van der Waals surface area contributed by atoms with E-state index >= 15 is 0 Å². The lowest BCUT2D eigenvalue weighted by Crippen LogP contribution is -2.34. The van der Waals surface area contributed by atoms with Gasteiger partial charge in [0.15, 0.2) is 5.11 Å². The largest absolute Gasteiger partial charge is 0.495 e. The van der Waals surface area contributed by atoms with Crippen LogP contribution in [0.4, 0.5) is 11.4 Å². The molecule has 0 aliphatic carbocycles. The number of hydrogen-bond acceptors (Lipinski definition) is 7. The molecule has 0 radical (unpaired) electrons. The fourth-order valence-corrected chi connectivity index (χ4v) is 2.69. The summed E-state index contributed by atoms with van der Waals surface area (Å²) >= 11 is 5.05. The molecule has 0 bridgehead atoms. The average Bonchev–Trinajstić information content (AvgIpc) is 2.72. The Morgan fingerprint density at radius 1 is 1.13 bits per heavy atom. The predicted octanol–water partition coefficient (Wildman–Crippen LogP) is 2.98. The molecule has 1 amide bonds. The predicted molar refractivity (Wildman–Crippen MR) is 114 cm³/mol. The van der Waals surface area contributed by atoms with Crippen LogP contribution in [0.1, 0.15) is 18.4 Å². The highest BCUT2D eigenvalue weighted by molar-refractivity contribution is 7.80. The van der Waals surface area contributed by atoms with E-state index in [4.69, 9.17) is 21.7 Å². The summed E-state index contributed by atoms with van der Waals surface area (Å²) in [6.07, 6.45) is 0.388. The number of carbonyl (C=O) groups excluding carboxylic acids is 2. The Kier molecular flexibility index (Phi) is 8.70. The lowest BCUT2D eigenvalue weighted by Gasteiger charge is -2.12. The number of nitro groups is 1. The third kappa shape index (κ3) is 7.47. The van der Waals surface area contributed by atoms with E-state index in [-0.39, 0.29) is 35.9 Å². The van der Waals surface area contributed by atoms with Crippen LogP contribution in [0.5, 0.6) is 5.75 Å². The fraction of sp³-hybridized carbons (Fsp3) is 0.250. The highest BCUT2D eigenvalue weighted by Crippen LogP contribution is 2.28. The summed E-state index contributed by atoms with van der Waals surface area (Å²) in [5, 5.41) is 15.9. The van der Waals surface area contributed by atoms with Gasteiger partial charge in [0.05, 0.1) is 30.7 Å². The number of rotatable bonds is 9. The maximum Gasteiger partial charge on any atom is 0.306 e. The number of nitrogens with zero attached hydrogens (tertiary/aromatic N) is 1. The van der Waals surface area contributed by atoms with Crippen molar-refractivity contribution < 1.29 is 24.0 Å². The number of amides is 1. The van der Waals surface area contributed by atoms with Gasteiger partial charge >= 0.3 is 5.97 Å². The number of ether oxygens (including phenoxy) is 2. The number of non-ortho nitro benzene ring substituents is 1. The van der Waals surface area contributed by atoms with Crippen LogP contribution in [0.15, 0.2) is 48.5 Å². The summed E-state index contributed by atoms with van der Waals surface area (Å²) in [5.41, 5.74) is 1.12. The number of carbonyl (C=O) groups is 2. The molecule has 2 aromatic carbocycles. The van der Waals surface area contributed by atoms with Crippen LogP contribution in [0.3, 0.4) is 0 Å². The molecule has 2 N–H and O–H groups in total. The summed E-state index contributed by atoms with van der Waals surface area (Å²) in [6, 6.07) is 13.5. The first-order valence-electron chi connectivity index (χ1n) is 9.02. The SMILES string of the molecule is COc1ccc([N+](=O)[O-])cc1NC(=S)NC(=O)CCC(=O)OCCc1ccccc1. The van der Waals surface area contributed by atoms with Crippen LogP contribution >= 0.6 is 12.2 Å². The molecule has 0 aliphatic heterocycles. The van der Waals surface area contributed by atoms with Gasteiger partial charge in [-0.1, -0.05) is 30.3 Å². The molecule has 0 unspecified atom stereocenters. The van der Waals surface area contributed by atoms with Gasteiger partial charge in [-0.2, -0.15) is 0 Å². The number of esters is 1. The van der Waals surface area contributed by atoms with Crippen molar-refractivity contribution in [3.63, 3.8) is 0 Å². The molecular weight excluding hydrogens is 410 g/mol. The van der Waals surface area contributed by atoms with Crippen molar-refractivity contribution in [1.82, 2.24) is 5.32 Å². The zero-order valence-electron chi connectivity index (χ0n) is 16.3. The van der Waals surface area contributed by atoms with E-state index in [1.54, 1.807) is 0 Å². The molecule has 0 aliphatic rings. The van der Waals surface area contributed by atoms with Gasteiger partial charge in [0.25, 0.3) is 5.69 Å². The molecule has 0 saturated carbocycles. The maximum atomic E-state index is 12.0. The number of thiocarbonyl (C=S) groups is 1. The molecule has 0 atom stereocenters. The van der Waals surface area contributed by atoms with Gasteiger partial charge < -0.3 is 20.1 Å². The molecular formula is C20H21N3O6S. The first-order valence-corrected chi connectivity index (χ1v) is 9.42. The second-order valence-electron chi connectivity index (χ2n) is 6.10. The fourth-order valence-electron chi connectivity index (χ4n) is 2.47. The summed E-state index contributed by atoms with van der Waals surface area (Å²) in [7, 11) is 1.40. The average molecular weight is 431 g/mol. The molecule has 2 rings (SSSR count). The first kappa shape index (κ1) is 22.8. The lowest BCUT2D eigenvalue weighted by atomic mass is 10.2. The van der Waals surface area contributed by atoms with Crippen LogP contribution in [0, 0.1) is 10.1 Å². The monoisotopic (exact) mass is 431 g/mol. The number of nitrogens with one attached hydrogen (secondary N) is 2. The van der Waals surface area contributed by atoms with E-state index in [1.807, 2.05) is 30.3 Å². The van der Waals surface area contributed by atoms with Gasteiger partial charge in [-0.25, -0.2) is 0 Å². The maximum absolute atomic E-state index is 12.0. The number of anilines is 1. The van der Waals surface area contributed by atoms with E-state index in [1.165, 1.54) is 25.3 Å². The second kappa shape index (κ2) is 11.5. The first-order chi connectivity index (χ1) is 14.4. The highest BCUT2D eigenvalue weighted by atomic mass is 32.1. The zero-order chi connectivity index (χ0) is 21.9.